The van der Waals surface area contributed by atoms with Gasteiger partial charge in [-0.25, -0.2) is 4.98 Å². The van der Waals surface area contributed by atoms with Crippen LogP contribution < -0.4 is 10.1 Å². The first-order chi connectivity index (χ1) is 9.85. The van der Waals surface area contributed by atoms with Crippen LogP contribution in [0.5, 0.6) is 5.75 Å². The Labute approximate surface area is 118 Å². The second-order valence-electron chi connectivity index (χ2n) is 4.51. The van der Waals surface area contributed by atoms with Gasteiger partial charge >= 0.3 is 0 Å². The van der Waals surface area contributed by atoms with Crippen molar-refractivity contribution < 1.29 is 4.74 Å². The Hall–Kier alpha value is -2.49. The maximum absolute atomic E-state index is 5.49. The summed E-state index contributed by atoms with van der Waals surface area (Å²) in [6.07, 6.45) is 4.04. The highest BCUT2D eigenvalue weighted by molar-refractivity contribution is 5.48. The zero-order valence-corrected chi connectivity index (χ0v) is 11.4. The van der Waals surface area contributed by atoms with Gasteiger partial charge < -0.3 is 14.5 Å². The highest BCUT2D eigenvalue weighted by atomic mass is 16.5. The molecule has 0 bridgehead atoms. The number of benzene rings is 1. The Bertz CT molecular complexity index is 673. The molecule has 0 aliphatic heterocycles. The quantitative estimate of drug-likeness (QED) is 0.770. The Morgan fingerprint density at radius 3 is 3.00 bits per heavy atom. The molecule has 0 fully saturated rings. The summed E-state index contributed by atoms with van der Waals surface area (Å²) in [6, 6.07) is 14.0. The van der Waals surface area contributed by atoms with Crippen LogP contribution in [0.1, 0.15) is 12.6 Å². The van der Waals surface area contributed by atoms with Crippen LogP contribution in [0.4, 0.5) is 5.69 Å². The van der Waals surface area contributed by atoms with E-state index in [4.69, 9.17) is 4.74 Å². The van der Waals surface area contributed by atoms with Crippen molar-refractivity contribution >= 4 is 11.3 Å². The molecule has 0 amide bonds. The van der Waals surface area contributed by atoms with Crippen molar-refractivity contribution in [3.8, 4) is 5.75 Å². The molecule has 0 unspecified atom stereocenters. The third-order valence-corrected chi connectivity index (χ3v) is 3.03. The van der Waals surface area contributed by atoms with Crippen LogP contribution in [0.2, 0.25) is 0 Å². The summed E-state index contributed by atoms with van der Waals surface area (Å²) in [5.74, 6) is 0.882. The molecule has 3 aromatic rings. The van der Waals surface area contributed by atoms with E-state index in [2.05, 4.69) is 10.3 Å². The summed E-state index contributed by atoms with van der Waals surface area (Å²) in [5, 5.41) is 3.36. The van der Waals surface area contributed by atoms with Crippen LogP contribution in [-0.4, -0.2) is 16.0 Å². The lowest BCUT2D eigenvalue weighted by Crippen LogP contribution is -2.00. The van der Waals surface area contributed by atoms with E-state index in [1.807, 2.05) is 66.2 Å². The highest BCUT2D eigenvalue weighted by Gasteiger charge is 2.01. The number of imidazole rings is 1. The van der Waals surface area contributed by atoms with Crippen LogP contribution in [0.25, 0.3) is 5.65 Å². The Balaban J connectivity index is 1.71. The molecule has 0 aliphatic carbocycles. The second kappa shape index (κ2) is 5.65. The zero-order chi connectivity index (χ0) is 13.8. The van der Waals surface area contributed by atoms with Gasteiger partial charge in [-0.15, -0.1) is 0 Å². The van der Waals surface area contributed by atoms with Crippen molar-refractivity contribution in [2.24, 2.45) is 0 Å². The minimum absolute atomic E-state index is 0.676. The molecule has 1 aromatic carbocycles. The largest absolute Gasteiger partial charge is 0.494 e. The van der Waals surface area contributed by atoms with E-state index >= 15 is 0 Å². The van der Waals surface area contributed by atoms with Gasteiger partial charge in [0.25, 0.3) is 0 Å². The molecule has 4 heteroatoms. The van der Waals surface area contributed by atoms with Crippen molar-refractivity contribution in [1.82, 2.24) is 9.38 Å². The third kappa shape index (κ3) is 2.74. The molecule has 0 aliphatic rings. The molecule has 0 atom stereocenters. The molecule has 2 heterocycles. The maximum atomic E-state index is 5.49. The van der Waals surface area contributed by atoms with Gasteiger partial charge in [-0.2, -0.15) is 0 Å². The Morgan fingerprint density at radius 2 is 2.15 bits per heavy atom. The standard InChI is InChI=1S/C16H17N3O/c1-2-20-15-7-5-6-13(10-15)17-11-14-12-19-9-4-3-8-16(19)18-14/h3-10,12,17H,2,11H2,1H3. The number of hydrogen-bond donors (Lipinski definition) is 1. The molecular weight excluding hydrogens is 250 g/mol. The van der Waals surface area contributed by atoms with Crippen molar-refractivity contribution in [2.45, 2.75) is 13.5 Å². The predicted molar refractivity (Wildman–Crippen MR) is 80.1 cm³/mol. The molecule has 4 nitrogen and oxygen atoms in total. The van der Waals surface area contributed by atoms with Crippen molar-refractivity contribution in [3.63, 3.8) is 0 Å². The predicted octanol–water partition coefficient (Wildman–Crippen LogP) is 3.35. The van der Waals surface area contributed by atoms with E-state index in [1.54, 1.807) is 0 Å². The van der Waals surface area contributed by atoms with E-state index in [-0.39, 0.29) is 0 Å². The molecule has 102 valence electrons. The molecule has 1 N–H and O–H groups in total. The first kappa shape index (κ1) is 12.5. The van der Waals surface area contributed by atoms with E-state index in [9.17, 15) is 0 Å². The molecular formula is C16H17N3O. The van der Waals surface area contributed by atoms with Gasteiger partial charge in [-0.05, 0) is 31.2 Å². The van der Waals surface area contributed by atoms with Gasteiger partial charge in [0.2, 0.25) is 0 Å². The lowest BCUT2D eigenvalue weighted by molar-refractivity contribution is 0.340. The Morgan fingerprint density at radius 1 is 1.20 bits per heavy atom. The van der Waals surface area contributed by atoms with Gasteiger partial charge in [0.15, 0.2) is 0 Å². The molecule has 20 heavy (non-hydrogen) atoms. The lowest BCUT2D eigenvalue weighted by atomic mass is 10.3. The number of pyridine rings is 1. The van der Waals surface area contributed by atoms with E-state index in [1.165, 1.54) is 0 Å². The second-order valence-corrected chi connectivity index (χ2v) is 4.51. The van der Waals surface area contributed by atoms with Crippen LogP contribution in [0, 0.1) is 0 Å². The van der Waals surface area contributed by atoms with E-state index in [0.717, 1.165) is 22.8 Å². The minimum Gasteiger partial charge on any atom is -0.494 e. The molecule has 0 spiro atoms. The van der Waals surface area contributed by atoms with Crippen LogP contribution in [0.15, 0.2) is 54.9 Å². The maximum Gasteiger partial charge on any atom is 0.137 e. The summed E-state index contributed by atoms with van der Waals surface area (Å²) < 4.78 is 7.51. The SMILES string of the molecule is CCOc1cccc(NCc2cn3ccccc3n2)c1. The normalized spacial score (nSPS) is 10.7. The fourth-order valence-corrected chi connectivity index (χ4v) is 2.13. The first-order valence-corrected chi connectivity index (χ1v) is 6.74. The van der Waals surface area contributed by atoms with Crippen molar-refractivity contribution in [1.29, 1.82) is 0 Å². The summed E-state index contributed by atoms with van der Waals surface area (Å²) >= 11 is 0. The van der Waals surface area contributed by atoms with E-state index in [0.29, 0.717) is 13.2 Å². The van der Waals surface area contributed by atoms with Gasteiger partial charge in [0, 0.05) is 24.1 Å². The zero-order valence-electron chi connectivity index (χ0n) is 11.4. The lowest BCUT2D eigenvalue weighted by Gasteiger charge is -2.07. The topological polar surface area (TPSA) is 38.6 Å². The third-order valence-electron chi connectivity index (χ3n) is 3.03. The number of fused-ring (bicyclic) bond motifs is 1. The average Bonchev–Trinajstić information content (AvgIpc) is 2.89. The summed E-state index contributed by atoms with van der Waals surface area (Å²) in [6.45, 7) is 3.35. The van der Waals surface area contributed by atoms with Gasteiger partial charge in [0.1, 0.15) is 11.4 Å². The van der Waals surface area contributed by atoms with E-state index < -0.39 is 0 Å². The first-order valence-electron chi connectivity index (χ1n) is 6.74. The fraction of sp³-hybridized carbons (Fsp3) is 0.188. The molecule has 0 saturated heterocycles. The number of ether oxygens (including phenoxy) is 1. The summed E-state index contributed by atoms with van der Waals surface area (Å²) in [4.78, 5) is 4.56. The highest BCUT2D eigenvalue weighted by Crippen LogP contribution is 2.18. The van der Waals surface area contributed by atoms with Crippen LogP contribution >= 0.6 is 0 Å². The number of nitrogens with one attached hydrogen (secondary N) is 1. The van der Waals surface area contributed by atoms with Gasteiger partial charge in [-0.1, -0.05) is 12.1 Å². The fourth-order valence-electron chi connectivity index (χ4n) is 2.13. The monoisotopic (exact) mass is 267 g/mol. The number of rotatable bonds is 5. The number of hydrogen-bond acceptors (Lipinski definition) is 3. The summed E-state index contributed by atoms with van der Waals surface area (Å²) in [7, 11) is 0. The minimum atomic E-state index is 0.676. The average molecular weight is 267 g/mol. The summed E-state index contributed by atoms with van der Waals surface area (Å²) in [5.41, 5.74) is 3.01. The van der Waals surface area contributed by atoms with Crippen molar-refractivity contribution in [3.05, 3.63) is 60.6 Å². The van der Waals surface area contributed by atoms with Crippen molar-refractivity contribution in [2.75, 3.05) is 11.9 Å². The molecule has 0 saturated carbocycles. The smallest absolute Gasteiger partial charge is 0.137 e. The van der Waals surface area contributed by atoms with Gasteiger partial charge in [0.05, 0.1) is 18.8 Å². The number of nitrogens with zero attached hydrogens (tertiary/aromatic N) is 2. The molecule has 3 rings (SSSR count). The number of anilines is 1. The van der Waals surface area contributed by atoms with Crippen LogP contribution in [0.3, 0.4) is 0 Å². The molecule has 0 radical (unpaired) electrons. The van der Waals surface area contributed by atoms with Crippen LogP contribution in [-0.2, 0) is 6.54 Å². The Kier molecular flexibility index (Phi) is 3.54. The number of aromatic nitrogens is 2. The molecule has 2 aromatic heterocycles. The van der Waals surface area contributed by atoms with Gasteiger partial charge in [-0.3, -0.25) is 0 Å².